The number of halogens is 1. The minimum Gasteiger partial charge on any atom is -0.493 e. The van der Waals surface area contributed by atoms with E-state index in [0.717, 1.165) is 10.8 Å². The highest BCUT2D eigenvalue weighted by molar-refractivity contribution is 6.17. The zero-order valence-corrected chi connectivity index (χ0v) is 18.9. The maximum absolute atomic E-state index is 15.2. The Bertz CT molecular complexity index is 1240. The molecule has 0 aromatic heterocycles. The van der Waals surface area contributed by atoms with Crippen LogP contribution in [0.2, 0.25) is 0 Å². The Labute approximate surface area is 191 Å². The summed E-state index contributed by atoms with van der Waals surface area (Å²) in [5.41, 5.74) is 1.49. The third-order valence-electron chi connectivity index (χ3n) is 5.94. The highest BCUT2D eigenvalue weighted by Gasteiger charge is 2.37. The predicted molar refractivity (Wildman–Crippen MR) is 124 cm³/mol. The molecule has 33 heavy (non-hydrogen) atoms. The fourth-order valence-electron chi connectivity index (χ4n) is 4.48. The van der Waals surface area contributed by atoms with Crippen molar-refractivity contribution in [3.63, 3.8) is 0 Å². The summed E-state index contributed by atoms with van der Waals surface area (Å²) in [6.07, 6.45) is 0.338. The number of rotatable bonds is 8. The third kappa shape index (κ3) is 3.77. The molecule has 1 N–H and O–H groups in total. The molecule has 1 atom stereocenters. The highest BCUT2D eigenvalue weighted by atomic mass is 19.1. The first-order chi connectivity index (χ1) is 15.9. The molecule has 1 heterocycles. The van der Waals surface area contributed by atoms with E-state index in [1.165, 1.54) is 17.0 Å². The summed E-state index contributed by atoms with van der Waals surface area (Å²) in [6, 6.07) is 11.8. The third-order valence-corrected chi connectivity index (χ3v) is 5.94. The van der Waals surface area contributed by atoms with Crippen molar-refractivity contribution >= 4 is 28.3 Å². The Morgan fingerprint density at radius 3 is 2.27 bits per heavy atom. The Morgan fingerprint density at radius 2 is 1.70 bits per heavy atom. The van der Waals surface area contributed by atoms with Crippen LogP contribution in [-0.4, -0.2) is 30.2 Å². The lowest BCUT2D eigenvalue weighted by atomic mass is 9.96. The number of hydrogen-bond donors (Lipinski definition) is 1. The molecule has 1 aliphatic rings. The molecule has 7 heteroatoms. The number of amides is 1. The summed E-state index contributed by atoms with van der Waals surface area (Å²) in [7, 11) is 0. The monoisotopic (exact) mass is 451 g/mol. The van der Waals surface area contributed by atoms with Crippen LogP contribution in [0.4, 0.5) is 10.1 Å². The van der Waals surface area contributed by atoms with Gasteiger partial charge in [-0.3, -0.25) is 9.59 Å². The second-order valence-corrected chi connectivity index (χ2v) is 7.82. The lowest BCUT2D eigenvalue weighted by Gasteiger charge is -2.19. The van der Waals surface area contributed by atoms with E-state index >= 15 is 4.39 Å². The van der Waals surface area contributed by atoms with Crippen molar-refractivity contribution in [1.29, 1.82) is 0 Å². The summed E-state index contributed by atoms with van der Waals surface area (Å²) in [4.78, 5) is 26.4. The standard InChI is InChI=1S/C26H26FNO5/c1-4-16(26(30)31)15-11-12-21(20(27)13-15)28-14-19-22(25(28)29)24(33-6-3)18-10-8-7-9-17(18)23(19)32-5-2/h7-13,16H,4-6,14H2,1-3H3,(H,30,31). The molecule has 0 aliphatic carbocycles. The molecule has 0 saturated carbocycles. The number of anilines is 1. The quantitative estimate of drug-likeness (QED) is 0.488. The van der Waals surface area contributed by atoms with Crippen LogP contribution < -0.4 is 14.4 Å². The molecular formula is C26H26FNO5. The number of carbonyl (C=O) groups is 2. The van der Waals surface area contributed by atoms with E-state index < -0.39 is 17.7 Å². The van der Waals surface area contributed by atoms with Gasteiger partial charge in [-0.1, -0.05) is 37.3 Å². The molecular weight excluding hydrogens is 425 g/mol. The average molecular weight is 451 g/mol. The number of hydrogen-bond acceptors (Lipinski definition) is 4. The van der Waals surface area contributed by atoms with E-state index in [4.69, 9.17) is 9.47 Å². The van der Waals surface area contributed by atoms with Gasteiger partial charge in [-0.15, -0.1) is 0 Å². The van der Waals surface area contributed by atoms with Crippen LogP contribution in [0.15, 0.2) is 42.5 Å². The Balaban J connectivity index is 1.85. The van der Waals surface area contributed by atoms with E-state index in [0.29, 0.717) is 47.8 Å². The average Bonchev–Trinajstić information content (AvgIpc) is 3.13. The second kappa shape index (κ2) is 9.10. The van der Waals surface area contributed by atoms with Crippen LogP contribution in [0.3, 0.4) is 0 Å². The van der Waals surface area contributed by atoms with Gasteiger partial charge in [0, 0.05) is 16.3 Å². The van der Waals surface area contributed by atoms with Crippen LogP contribution in [0.1, 0.15) is 54.6 Å². The first-order valence-corrected chi connectivity index (χ1v) is 11.1. The number of carboxylic acids is 1. The minimum absolute atomic E-state index is 0.0918. The molecule has 0 bridgehead atoms. The zero-order valence-electron chi connectivity index (χ0n) is 18.9. The number of fused-ring (bicyclic) bond motifs is 2. The summed E-state index contributed by atoms with van der Waals surface area (Å²) in [5, 5.41) is 11.0. The highest BCUT2D eigenvalue weighted by Crippen LogP contribution is 2.46. The number of carbonyl (C=O) groups excluding carboxylic acids is 1. The van der Waals surface area contributed by atoms with Crippen LogP contribution in [0, 0.1) is 5.82 Å². The summed E-state index contributed by atoms with van der Waals surface area (Å²) < 4.78 is 27.1. The number of benzene rings is 3. The van der Waals surface area contributed by atoms with Gasteiger partial charge in [0.2, 0.25) is 0 Å². The van der Waals surface area contributed by atoms with Gasteiger partial charge >= 0.3 is 5.97 Å². The maximum Gasteiger partial charge on any atom is 0.310 e. The molecule has 172 valence electrons. The number of aliphatic carboxylic acids is 1. The van der Waals surface area contributed by atoms with Crippen LogP contribution in [0.25, 0.3) is 10.8 Å². The van der Waals surface area contributed by atoms with E-state index in [2.05, 4.69) is 0 Å². The molecule has 0 spiro atoms. The van der Waals surface area contributed by atoms with Crippen LogP contribution in [0.5, 0.6) is 11.5 Å². The van der Waals surface area contributed by atoms with Crippen molar-refractivity contribution in [2.45, 2.75) is 39.7 Å². The molecule has 1 aliphatic heterocycles. The van der Waals surface area contributed by atoms with Crippen molar-refractivity contribution in [3.8, 4) is 11.5 Å². The SMILES string of the molecule is CCOc1c2c(c(OCC)c3ccccc13)C(=O)N(c1ccc(C(CC)C(=O)O)cc1F)C2. The molecule has 3 aromatic carbocycles. The number of carboxylic acid groups (broad SMARTS) is 1. The summed E-state index contributed by atoms with van der Waals surface area (Å²) in [5.74, 6) is -1.78. The normalized spacial score (nSPS) is 13.8. The molecule has 1 unspecified atom stereocenters. The lowest BCUT2D eigenvalue weighted by molar-refractivity contribution is -0.138. The van der Waals surface area contributed by atoms with Crippen molar-refractivity contribution in [3.05, 3.63) is 65.0 Å². The summed E-state index contributed by atoms with van der Waals surface area (Å²) >= 11 is 0. The van der Waals surface area contributed by atoms with Crippen molar-refractivity contribution < 1.29 is 28.6 Å². The fraction of sp³-hybridized carbons (Fsp3) is 0.308. The van der Waals surface area contributed by atoms with E-state index in [-0.39, 0.29) is 18.1 Å². The second-order valence-electron chi connectivity index (χ2n) is 7.82. The van der Waals surface area contributed by atoms with Gasteiger partial charge in [0.15, 0.2) is 0 Å². The van der Waals surface area contributed by atoms with E-state index in [1.807, 2.05) is 38.1 Å². The minimum atomic E-state index is -1.01. The maximum atomic E-state index is 15.2. The Hall–Kier alpha value is -3.61. The molecule has 0 radical (unpaired) electrons. The largest absolute Gasteiger partial charge is 0.493 e. The van der Waals surface area contributed by atoms with Gasteiger partial charge in [-0.05, 0) is 38.0 Å². The molecule has 0 saturated heterocycles. The van der Waals surface area contributed by atoms with E-state index in [1.54, 1.807) is 13.0 Å². The zero-order chi connectivity index (χ0) is 23.7. The lowest BCUT2D eigenvalue weighted by Crippen LogP contribution is -2.24. The van der Waals surface area contributed by atoms with Gasteiger partial charge in [0.1, 0.15) is 17.3 Å². The summed E-state index contributed by atoms with van der Waals surface area (Å²) in [6.45, 7) is 6.36. The fourth-order valence-corrected chi connectivity index (χ4v) is 4.48. The number of ether oxygens (including phenoxy) is 2. The topological polar surface area (TPSA) is 76.1 Å². The van der Waals surface area contributed by atoms with Gasteiger partial charge in [-0.25, -0.2) is 4.39 Å². The van der Waals surface area contributed by atoms with Gasteiger partial charge < -0.3 is 19.5 Å². The molecule has 3 aromatic rings. The van der Waals surface area contributed by atoms with Crippen molar-refractivity contribution in [2.75, 3.05) is 18.1 Å². The predicted octanol–water partition coefficient (Wildman–Crippen LogP) is 5.51. The molecule has 0 fully saturated rings. The first kappa shape index (κ1) is 22.6. The Kier molecular flexibility index (Phi) is 6.22. The van der Waals surface area contributed by atoms with Crippen molar-refractivity contribution in [2.24, 2.45) is 0 Å². The van der Waals surface area contributed by atoms with Gasteiger partial charge in [0.05, 0.1) is 36.9 Å². The number of nitrogens with zero attached hydrogens (tertiary/aromatic N) is 1. The van der Waals surface area contributed by atoms with Gasteiger partial charge in [-0.2, -0.15) is 0 Å². The van der Waals surface area contributed by atoms with Gasteiger partial charge in [0.25, 0.3) is 5.91 Å². The van der Waals surface area contributed by atoms with Crippen LogP contribution in [-0.2, 0) is 11.3 Å². The van der Waals surface area contributed by atoms with E-state index in [9.17, 15) is 14.7 Å². The Morgan fingerprint density at radius 1 is 1.06 bits per heavy atom. The molecule has 1 amide bonds. The molecule has 4 rings (SSSR count). The first-order valence-electron chi connectivity index (χ1n) is 11.1. The molecule has 6 nitrogen and oxygen atoms in total. The smallest absolute Gasteiger partial charge is 0.310 e. The van der Waals surface area contributed by atoms with Crippen LogP contribution >= 0.6 is 0 Å². The van der Waals surface area contributed by atoms with Crippen molar-refractivity contribution in [1.82, 2.24) is 0 Å².